The molecule has 0 spiro atoms. The van der Waals surface area contributed by atoms with Crippen LogP contribution in [0.4, 0.5) is 5.82 Å². The van der Waals surface area contributed by atoms with Crippen LogP contribution in [0.2, 0.25) is 0 Å². The zero-order valence-corrected chi connectivity index (χ0v) is 10.5. The fourth-order valence-electron chi connectivity index (χ4n) is 2.39. The largest absolute Gasteiger partial charge is 0.369 e. The molecular weight excluding hydrogens is 198 g/mol. The third-order valence-electron chi connectivity index (χ3n) is 3.57. The molecule has 0 aromatic carbocycles. The van der Waals surface area contributed by atoms with Crippen LogP contribution in [0.1, 0.15) is 37.6 Å². The van der Waals surface area contributed by atoms with Gasteiger partial charge in [-0.3, -0.25) is 4.98 Å². The van der Waals surface area contributed by atoms with Gasteiger partial charge in [0.15, 0.2) is 0 Å². The van der Waals surface area contributed by atoms with Gasteiger partial charge in [-0.25, -0.2) is 4.98 Å². The SMILES string of the molecule is Cc1ncc(NCC2CCC(C)C2)nc1C. The lowest BCUT2D eigenvalue weighted by Crippen LogP contribution is -2.13. The third kappa shape index (κ3) is 2.71. The molecule has 1 aliphatic carbocycles. The van der Waals surface area contributed by atoms with E-state index >= 15 is 0 Å². The summed E-state index contributed by atoms with van der Waals surface area (Å²) < 4.78 is 0. The van der Waals surface area contributed by atoms with E-state index in [0.29, 0.717) is 0 Å². The molecular formula is C13H21N3. The molecule has 1 saturated carbocycles. The topological polar surface area (TPSA) is 37.8 Å². The number of aryl methyl sites for hydroxylation is 2. The third-order valence-corrected chi connectivity index (χ3v) is 3.57. The van der Waals surface area contributed by atoms with Crippen LogP contribution in [0.5, 0.6) is 0 Å². The number of nitrogens with one attached hydrogen (secondary N) is 1. The maximum atomic E-state index is 4.48. The van der Waals surface area contributed by atoms with Crippen molar-refractivity contribution in [1.82, 2.24) is 9.97 Å². The maximum Gasteiger partial charge on any atom is 0.144 e. The highest BCUT2D eigenvalue weighted by molar-refractivity contribution is 5.33. The van der Waals surface area contributed by atoms with Crippen LogP contribution >= 0.6 is 0 Å². The Hall–Kier alpha value is -1.12. The Kier molecular flexibility index (Phi) is 3.42. The zero-order chi connectivity index (χ0) is 11.5. The van der Waals surface area contributed by atoms with E-state index in [-0.39, 0.29) is 0 Å². The van der Waals surface area contributed by atoms with Crippen molar-refractivity contribution in [3.8, 4) is 0 Å². The first-order valence-electron chi connectivity index (χ1n) is 6.19. The molecule has 0 radical (unpaired) electrons. The first-order valence-corrected chi connectivity index (χ1v) is 6.19. The van der Waals surface area contributed by atoms with Crippen molar-refractivity contribution < 1.29 is 0 Å². The van der Waals surface area contributed by atoms with Crippen molar-refractivity contribution in [2.45, 2.75) is 40.0 Å². The lowest BCUT2D eigenvalue weighted by molar-refractivity contribution is 0.536. The van der Waals surface area contributed by atoms with E-state index in [9.17, 15) is 0 Å². The monoisotopic (exact) mass is 219 g/mol. The minimum absolute atomic E-state index is 0.818. The molecule has 2 rings (SSSR count). The van der Waals surface area contributed by atoms with E-state index in [4.69, 9.17) is 0 Å². The van der Waals surface area contributed by atoms with Gasteiger partial charge in [0.1, 0.15) is 5.82 Å². The molecule has 0 aliphatic heterocycles. The van der Waals surface area contributed by atoms with Crippen LogP contribution in [0.3, 0.4) is 0 Å². The van der Waals surface area contributed by atoms with E-state index in [0.717, 1.165) is 35.6 Å². The number of nitrogens with zero attached hydrogens (tertiary/aromatic N) is 2. The summed E-state index contributed by atoms with van der Waals surface area (Å²) in [6, 6.07) is 0. The molecule has 1 N–H and O–H groups in total. The molecule has 0 saturated heterocycles. The van der Waals surface area contributed by atoms with Gasteiger partial charge in [-0.1, -0.05) is 13.3 Å². The molecule has 3 nitrogen and oxygen atoms in total. The molecule has 0 amide bonds. The first-order chi connectivity index (χ1) is 7.65. The van der Waals surface area contributed by atoms with Crippen LogP contribution < -0.4 is 5.32 Å². The summed E-state index contributed by atoms with van der Waals surface area (Å²) in [5, 5.41) is 3.40. The van der Waals surface area contributed by atoms with Crippen LogP contribution in [-0.2, 0) is 0 Å². The second-order valence-electron chi connectivity index (χ2n) is 5.09. The van der Waals surface area contributed by atoms with Gasteiger partial charge < -0.3 is 5.32 Å². The Labute approximate surface area is 97.7 Å². The molecule has 1 aromatic heterocycles. The lowest BCUT2D eigenvalue weighted by atomic mass is 10.1. The molecule has 1 aliphatic rings. The minimum Gasteiger partial charge on any atom is -0.369 e. The molecule has 2 atom stereocenters. The van der Waals surface area contributed by atoms with Gasteiger partial charge in [-0.05, 0) is 38.5 Å². The summed E-state index contributed by atoms with van der Waals surface area (Å²) in [6.45, 7) is 7.38. The summed E-state index contributed by atoms with van der Waals surface area (Å²) in [4.78, 5) is 8.79. The summed E-state index contributed by atoms with van der Waals surface area (Å²) in [7, 11) is 0. The number of hydrogen-bond donors (Lipinski definition) is 1. The summed E-state index contributed by atoms with van der Waals surface area (Å²) in [5.41, 5.74) is 2.03. The second kappa shape index (κ2) is 4.81. The highest BCUT2D eigenvalue weighted by Crippen LogP contribution is 2.30. The number of hydrogen-bond acceptors (Lipinski definition) is 3. The van der Waals surface area contributed by atoms with E-state index in [2.05, 4.69) is 22.2 Å². The Morgan fingerprint density at radius 1 is 1.31 bits per heavy atom. The van der Waals surface area contributed by atoms with Crippen molar-refractivity contribution in [3.63, 3.8) is 0 Å². The van der Waals surface area contributed by atoms with E-state index in [1.807, 2.05) is 20.0 Å². The predicted molar refractivity (Wildman–Crippen MR) is 66.5 cm³/mol. The normalized spacial score (nSPS) is 24.7. The van der Waals surface area contributed by atoms with Crippen LogP contribution in [0, 0.1) is 25.7 Å². The number of aromatic nitrogens is 2. The molecule has 3 heteroatoms. The first kappa shape index (κ1) is 11.4. The van der Waals surface area contributed by atoms with E-state index < -0.39 is 0 Å². The van der Waals surface area contributed by atoms with Crippen molar-refractivity contribution >= 4 is 5.82 Å². The standard InChI is InChI=1S/C13H21N3/c1-9-4-5-12(6-9)7-15-13-8-14-10(2)11(3)16-13/h8-9,12H,4-7H2,1-3H3,(H,15,16). The highest BCUT2D eigenvalue weighted by Gasteiger charge is 2.20. The number of rotatable bonds is 3. The van der Waals surface area contributed by atoms with Gasteiger partial charge in [0.2, 0.25) is 0 Å². The highest BCUT2D eigenvalue weighted by atomic mass is 15.0. The van der Waals surface area contributed by atoms with Gasteiger partial charge in [-0.2, -0.15) is 0 Å². The van der Waals surface area contributed by atoms with Crippen LogP contribution in [0.15, 0.2) is 6.20 Å². The van der Waals surface area contributed by atoms with Gasteiger partial charge >= 0.3 is 0 Å². The van der Waals surface area contributed by atoms with E-state index in [1.54, 1.807) is 0 Å². The zero-order valence-electron chi connectivity index (χ0n) is 10.5. The maximum absolute atomic E-state index is 4.48. The average molecular weight is 219 g/mol. The quantitative estimate of drug-likeness (QED) is 0.849. The van der Waals surface area contributed by atoms with Crippen molar-refractivity contribution in [3.05, 3.63) is 17.6 Å². The summed E-state index contributed by atoms with van der Waals surface area (Å²) in [5.74, 6) is 2.64. The van der Waals surface area contributed by atoms with Crippen molar-refractivity contribution in [1.29, 1.82) is 0 Å². The molecule has 88 valence electrons. The molecule has 1 aromatic rings. The minimum atomic E-state index is 0.818. The van der Waals surface area contributed by atoms with Gasteiger partial charge in [0.05, 0.1) is 17.6 Å². The summed E-state index contributed by atoms with van der Waals surface area (Å²) >= 11 is 0. The molecule has 16 heavy (non-hydrogen) atoms. The summed E-state index contributed by atoms with van der Waals surface area (Å²) in [6.07, 6.45) is 5.92. The Morgan fingerprint density at radius 2 is 2.12 bits per heavy atom. The smallest absolute Gasteiger partial charge is 0.144 e. The van der Waals surface area contributed by atoms with Crippen LogP contribution in [-0.4, -0.2) is 16.5 Å². The Bertz CT molecular complexity index is 362. The van der Waals surface area contributed by atoms with Crippen molar-refractivity contribution in [2.75, 3.05) is 11.9 Å². The molecule has 2 unspecified atom stereocenters. The van der Waals surface area contributed by atoms with Gasteiger partial charge in [0.25, 0.3) is 0 Å². The Balaban J connectivity index is 1.87. The average Bonchev–Trinajstić information content (AvgIpc) is 2.66. The fraction of sp³-hybridized carbons (Fsp3) is 0.692. The second-order valence-corrected chi connectivity index (χ2v) is 5.09. The van der Waals surface area contributed by atoms with Gasteiger partial charge in [-0.15, -0.1) is 0 Å². The van der Waals surface area contributed by atoms with Crippen molar-refractivity contribution in [2.24, 2.45) is 11.8 Å². The molecule has 1 fully saturated rings. The van der Waals surface area contributed by atoms with E-state index in [1.165, 1.54) is 19.3 Å². The lowest BCUT2D eigenvalue weighted by Gasteiger charge is -2.12. The molecule has 0 bridgehead atoms. The van der Waals surface area contributed by atoms with Gasteiger partial charge in [0, 0.05) is 6.54 Å². The Morgan fingerprint density at radius 3 is 2.75 bits per heavy atom. The fourth-order valence-corrected chi connectivity index (χ4v) is 2.39. The molecule has 1 heterocycles. The van der Waals surface area contributed by atoms with Crippen LogP contribution in [0.25, 0.3) is 0 Å². The number of anilines is 1. The predicted octanol–water partition coefficient (Wildman–Crippen LogP) is 2.94.